The molecular formula is C18H29FIN3O2. The number of likely N-dealkylation sites (N-methyl/N-ethyl adjacent to an activating group) is 1. The molecule has 2 unspecified atom stereocenters. The number of hydrogen-bond donors (Lipinski definition) is 2. The van der Waals surface area contributed by atoms with Crippen molar-refractivity contribution in [3.05, 3.63) is 30.1 Å². The molecule has 5 nitrogen and oxygen atoms in total. The van der Waals surface area contributed by atoms with Crippen LogP contribution in [0.15, 0.2) is 29.3 Å². The van der Waals surface area contributed by atoms with Crippen molar-refractivity contribution in [2.75, 3.05) is 33.3 Å². The molecule has 2 atom stereocenters. The Morgan fingerprint density at radius 1 is 1.36 bits per heavy atom. The molecule has 0 aliphatic heterocycles. The summed E-state index contributed by atoms with van der Waals surface area (Å²) >= 11 is 0. The second-order valence-electron chi connectivity index (χ2n) is 6.18. The minimum absolute atomic E-state index is 0. The van der Waals surface area contributed by atoms with E-state index in [2.05, 4.69) is 10.3 Å². The normalized spacial score (nSPS) is 20.1. The first-order chi connectivity index (χ1) is 11.6. The number of ether oxygens (including phenoxy) is 1. The number of nitrogens with zero attached hydrogens (tertiary/aromatic N) is 2. The SMILES string of the molecule is CCNC(=NCC1CCCC1O)N(C)CCOc1ccc(F)cc1.I. The quantitative estimate of drug-likeness (QED) is 0.370. The maximum atomic E-state index is 12.9. The minimum atomic E-state index is -0.268. The maximum absolute atomic E-state index is 12.9. The van der Waals surface area contributed by atoms with Crippen LogP contribution in [0.1, 0.15) is 26.2 Å². The molecule has 2 N–H and O–H groups in total. The zero-order chi connectivity index (χ0) is 17.4. The van der Waals surface area contributed by atoms with E-state index in [4.69, 9.17) is 4.74 Å². The molecule has 1 aliphatic rings. The smallest absolute Gasteiger partial charge is 0.193 e. The molecule has 25 heavy (non-hydrogen) atoms. The molecule has 2 rings (SSSR count). The van der Waals surface area contributed by atoms with Crippen molar-refractivity contribution < 1.29 is 14.2 Å². The van der Waals surface area contributed by atoms with Crippen LogP contribution in [0.4, 0.5) is 4.39 Å². The predicted molar refractivity (Wildman–Crippen MR) is 109 cm³/mol. The lowest BCUT2D eigenvalue weighted by atomic mass is 10.1. The summed E-state index contributed by atoms with van der Waals surface area (Å²) in [5.41, 5.74) is 0. The summed E-state index contributed by atoms with van der Waals surface area (Å²) < 4.78 is 18.5. The molecule has 1 fully saturated rings. The summed E-state index contributed by atoms with van der Waals surface area (Å²) in [5, 5.41) is 13.2. The van der Waals surface area contributed by atoms with Gasteiger partial charge in [-0.2, -0.15) is 0 Å². The lowest BCUT2D eigenvalue weighted by Gasteiger charge is -2.23. The number of hydrogen-bond acceptors (Lipinski definition) is 3. The van der Waals surface area contributed by atoms with Gasteiger partial charge in [-0.1, -0.05) is 6.42 Å². The second-order valence-corrected chi connectivity index (χ2v) is 6.18. The Morgan fingerprint density at radius 2 is 2.08 bits per heavy atom. The summed E-state index contributed by atoms with van der Waals surface area (Å²) in [4.78, 5) is 6.66. The summed E-state index contributed by atoms with van der Waals surface area (Å²) in [6.07, 6.45) is 2.79. The van der Waals surface area contributed by atoms with Crippen molar-refractivity contribution in [3.63, 3.8) is 0 Å². The third kappa shape index (κ3) is 7.35. The van der Waals surface area contributed by atoms with Gasteiger partial charge in [-0.05, 0) is 44.0 Å². The zero-order valence-electron chi connectivity index (χ0n) is 14.9. The van der Waals surface area contributed by atoms with Gasteiger partial charge < -0.3 is 20.1 Å². The minimum Gasteiger partial charge on any atom is -0.492 e. The van der Waals surface area contributed by atoms with Crippen LogP contribution in [-0.2, 0) is 0 Å². The Morgan fingerprint density at radius 3 is 2.68 bits per heavy atom. The molecule has 0 heterocycles. The van der Waals surface area contributed by atoms with Gasteiger partial charge in [0.1, 0.15) is 18.2 Å². The maximum Gasteiger partial charge on any atom is 0.193 e. The molecule has 1 aliphatic carbocycles. The molecule has 0 amide bonds. The molecule has 0 spiro atoms. The Hall–Kier alpha value is -1.09. The summed E-state index contributed by atoms with van der Waals surface area (Å²) in [5.74, 6) is 1.47. The number of guanidine groups is 1. The van der Waals surface area contributed by atoms with Gasteiger partial charge in [0.25, 0.3) is 0 Å². The van der Waals surface area contributed by atoms with Crippen LogP contribution in [0.3, 0.4) is 0 Å². The third-order valence-corrected chi connectivity index (χ3v) is 4.30. The third-order valence-electron chi connectivity index (χ3n) is 4.30. The molecular weight excluding hydrogens is 436 g/mol. The van der Waals surface area contributed by atoms with E-state index in [0.717, 1.165) is 31.8 Å². The average Bonchev–Trinajstić information content (AvgIpc) is 2.98. The fourth-order valence-electron chi connectivity index (χ4n) is 2.84. The lowest BCUT2D eigenvalue weighted by Crippen LogP contribution is -2.41. The van der Waals surface area contributed by atoms with Crippen LogP contribution in [0.2, 0.25) is 0 Å². The Kier molecular flexibility index (Phi) is 10.1. The monoisotopic (exact) mass is 465 g/mol. The van der Waals surface area contributed by atoms with E-state index in [9.17, 15) is 9.50 Å². The molecule has 1 aromatic carbocycles. The fraction of sp³-hybridized carbons (Fsp3) is 0.611. The standard InChI is InChI=1S/C18H28FN3O2.HI/c1-3-20-18(21-13-14-5-4-6-17(14)23)22(2)11-12-24-16-9-7-15(19)8-10-16;/h7-10,14,17,23H,3-6,11-13H2,1-2H3,(H,20,21);1H. The Bertz CT molecular complexity index is 528. The lowest BCUT2D eigenvalue weighted by molar-refractivity contribution is 0.136. The van der Waals surface area contributed by atoms with Gasteiger partial charge in [0.15, 0.2) is 5.96 Å². The number of halogens is 2. The van der Waals surface area contributed by atoms with Crippen LogP contribution < -0.4 is 10.1 Å². The number of nitrogens with one attached hydrogen (secondary N) is 1. The molecule has 7 heteroatoms. The van der Waals surface area contributed by atoms with Gasteiger partial charge in [0, 0.05) is 26.1 Å². The van der Waals surface area contributed by atoms with E-state index in [1.165, 1.54) is 12.1 Å². The first-order valence-electron chi connectivity index (χ1n) is 8.66. The second kappa shape index (κ2) is 11.5. The number of rotatable bonds is 7. The van der Waals surface area contributed by atoms with Crippen molar-refractivity contribution >= 4 is 29.9 Å². The highest BCUT2D eigenvalue weighted by Crippen LogP contribution is 2.25. The molecule has 142 valence electrons. The van der Waals surface area contributed by atoms with E-state index in [1.807, 2.05) is 18.9 Å². The molecule has 0 saturated heterocycles. The van der Waals surface area contributed by atoms with Crippen LogP contribution in [0, 0.1) is 11.7 Å². The topological polar surface area (TPSA) is 57.1 Å². The first-order valence-corrected chi connectivity index (χ1v) is 8.66. The molecule has 1 saturated carbocycles. The Labute approximate surface area is 166 Å². The van der Waals surface area contributed by atoms with Gasteiger partial charge in [0.05, 0.1) is 12.6 Å². The van der Waals surface area contributed by atoms with E-state index < -0.39 is 0 Å². The molecule has 0 aromatic heterocycles. The highest BCUT2D eigenvalue weighted by molar-refractivity contribution is 14.0. The van der Waals surface area contributed by atoms with Gasteiger partial charge in [-0.25, -0.2) is 4.39 Å². The van der Waals surface area contributed by atoms with Crippen LogP contribution in [0.25, 0.3) is 0 Å². The summed E-state index contributed by atoms with van der Waals surface area (Å²) in [6.45, 7) is 4.61. The zero-order valence-corrected chi connectivity index (χ0v) is 17.3. The van der Waals surface area contributed by atoms with Crippen LogP contribution >= 0.6 is 24.0 Å². The van der Waals surface area contributed by atoms with E-state index in [0.29, 0.717) is 25.4 Å². The van der Waals surface area contributed by atoms with E-state index >= 15 is 0 Å². The number of aliphatic imine (C=N–C) groups is 1. The average molecular weight is 465 g/mol. The largest absolute Gasteiger partial charge is 0.492 e. The first kappa shape index (κ1) is 22.0. The summed E-state index contributed by atoms with van der Waals surface area (Å²) in [7, 11) is 1.96. The van der Waals surface area contributed by atoms with Crippen molar-refractivity contribution in [3.8, 4) is 5.75 Å². The van der Waals surface area contributed by atoms with Gasteiger partial charge in [-0.15, -0.1) is 24.0 Å². The predicted octanol–water partition coefficient (Wildman–Crippen LogP) is 2.88. The Balaban J connectivity index is 0.00000312. The van der Waals surface area contributed by atoms with Crippen molar-refractivity contribution in [2.24, 2.45) is 10.9 Å². The summed E-state index contributed by atoms with van der Waals surface area (Å²) in [6, 6.07) is 6.02. The van der Waals surface area contributed by atoms with Crippen molar-refractivity contribution in [2.45, 2.75) is 32.3 Å². The van der Waals surface area contributed by atoms with Crippen molar-refractivity contribution in [1.82, 2.24) is 10.2 Å². The van der Waals surface area contributed by atoms with Crippen molar-refractivity contribution in [1.29, 1.82) is 0 Å². The number of aliphatic hydroxyl groups is 1. The van der Waals surface area contributed by atoms with E-state index in [-0.39, 0.29) is 41.8 Å². The van der Waals surface area contributed by atoms with Gasteiger partial charge >= 0.3 is 0 Å². The molecule has 1 aromatic rings. The van der Waals surface area contributed by atoms with Crippen LogP contribution in [-0.4, -0.2) is 55.4 Å². The van der Waals surface area contributed by atoms with E-state index in [1.54, 1.807) is 12.1 Å². The fourth-order valence-corrected chi connectivity index (χ4v) is 2.84. The molecule has 0 bridgehead atoms. The van der Waals surface area contributed by atoms with Crippen LogP contribution in [0.5, 0.6) is 5.75 Å². The number of aliphatic hydroxyl groups excluding tert-OH is 1. The van der Waals surface area contributed by atoms with Gasteiger partial charge in [-0.3, -0.25) is 4.99 Å². The van der Waals surface area contributed by atoms with Gasteiger partial charge in [0.2, 0.25) is 0 Å². The molecule has 0 radical (unpaired) electrons. The number of benzene rings is 1. The highest BCUT2D eigenvalue weighted by Gasteiger charge is 2.24. The highest BCUT2D eigenvalue weighted by atomic mass is 127.